The second kappa shape index (κ2) is 5.92. The van der Waals surface area contributed by atoms with Gasteiger partial charge in [0.05, 0.1) is 10.4 Å². The van der Waals surface area contributed by atoms with Gasteiger partial charge in [-0.05, 0) is 45.9 Å². The zero-order valence-electron chi connectivity index (χ0n) is 12.3. The van der Waals surface area contributed by atoms with Crippen LogP contribution in [0.2, 0.25) is 0 Å². The highest BCUT2D eigenvalue weighted by atomic mass is 32.2. The van der Waals surface area contributed by atoms with Crippen LogP contribution in [0.4, 0.5) is 5.69 Å². The van der Waals surface area contributed by atoms with E-state index in [-0.39, 0.29) is 6.04 Å². The van der Waals surface area contributed by atoms with Crippen molar-refractivity contribution in [2.24, 2.45) is 0 Å². The molecule has 0 aliphatic heterocycles. The second-order valence-corrected chi connectivity index (χ2v) is 8.02. The first kappa shape index (κ1) is 16.0. The first-order valence-electron chi connectivity index (χ1n) is 6.53. The van der Waals surface area contributed by atoms with Crippen molar-refractivity contribution in [3.8, 4) is 0 Å². The van der Waals surface area contributed by atoms with Gasteiger partial charge in [0.15, 0.2) is 0 Å². The fourth-order valence-electron chi connectivity index (χ4n) is 1.68. The number of nitrogens with one attached hydrogen (secondary N) is 2. The van der Waals surface area contributed by atoms with Crippen molar-refractivity contribution in [3.63, 3.8) is 0 Å². The van der Waals surface area contributed by atoms with Crippen LogP contribution in [-0.4, -0.2) is 19.7 Å². The van der Waals surface area contributed by atoms with Gasteiger partial charge in [0, 0.05) is 6.04 Å². The molecule has 0 amide bonds. The quantitative estimate of drug-likeness (QED) is 0.874. The van der Waals surface area contributed by atoms with Crippen LogP contribution in [0.1, 0.15) is 46.2 Å². The summed E-state index contributed by atoms with van der Waals surface area (Å²) in [4.78, 5) is 0. The Kier molecular flexibility index (Phi) is 4.98. The molecule has 0 aliphatic rings. The molecule has 2 N–H and O–H groups in total. The standard InChI is InChI=1S/C14H24N2O2S/c1-6-15-11(2)12-9-7-8-10-13(12)16-19(17,18)14(3,4)5/h7-11,15-16H,6H2,1-5H3. The summed E-state index contributed by atoms with van der Waals surface area (Å²) in [6, 6.07) is 7.59. The molecule has 0 bridgehead atoms. The molecule has 0 aliphatic carbocycles. The van der Waals surface area contributed by atoms with Gasteiger partial charge in [-0.15, -0.1) is 0 Å². The third-order valence-corrected chi connectivity index (χ3v) is 5.09. The highest BCUT2D eigenvalue weighted by molar-refractivity contribution is 7.94. The van der Waals surface area contributed by atoms with E-state index in [0.29, 0.717) is 5.69 Å². The van der Waals surface area contributed by atoms with E-state index in [1.807, 2.05) is 32.0 Å². The Morgan fingerprint density at radius 1 is 1.21 bits per heavy atom. The summed E-state index contributed by atoms with van der Waals surface area (Å²) in [5.41, 5.74) is 1.60. The van der Waals surface area contributed by atoms with Gasteiger partial charge in [0.25, 0.3) is 0 Å². The summed E-state index contributed by atoms with van der Waals surface area (Å²) in [6.07, 6.45) is 0. The summed E-state index contributed by atoms with van der Waals surface area (Å²) in [5.74, 6) is 0. The van der Waals surface area contributed by atoms with Crippen molar-refractivity contribution in [2.45, 2.75) is 45.4 Å². The Hall–Kier alpha value is -1.07. The average Bonchev–Trinajstić information content (AvgIpc) is 2.28. The van der Waals surface area contributed by atoms with Crippen LogP contribution in [0.15, 0.2) is 24.3 Å². The molecule has 4 nitrogen and oxygen atoms in total. The predicted molar refractivity (Wildman–Crippen MR) is 80.8 cm³/mol. The molecular weight excluding hydrogens is 260 g/mol. The van der Waals surface area contributed by atoms with Crippen LogP contribution < -0.4 is 10.0 Å². The Labute approximate surface area is 116 Å². The molecule has 1 unspecified atom stereocenters. The number of sulfonamides is 1. The molecule has 0 saturated carbocycles. The lowest BCUT2D eigenvalue weighted by molar-refractivity contribution is 0.565. The van der Waals surface area contributed by atoms with Crippen LogP contribution in [0.25, 0.3) is 0 Å². The van der Waals surface area contributed by atoms with Gasteiger partial charge in [-0.2, -0.15) is 0 Å². The molecule has 108 valence electrons. The maximum Gasteiger partial charge on any atom is 0.237 e. The van der Waals surface area contributed by atoms with Crippen molar-refractivity contribution in [1.29, 1.82) is 0 Å². The number of benzene rings is 1. The molecule has 0 aromatic heterocycles. The third-order valence-electron chi connectivity index (χ3n) is 2.99. The molecule has 19 heavy (non-hydrogen) atoms. The fraction of sp³-hybridized carbons (Fsp3) is 0.571. The number of hydrogen-bond acceptors (Lipinski definition) is 3. The van der Waals surface area contributed by atoms with Crippen LogP contribution in [-0.2, 0) is 10.0 Å². The Bertz CT molecular complexity index is 518. The van der Waals surface area contributed by atoms with E-state index in [9.17, 15) is 8.42 Å². The molecule has 1 atom stereocenters. The van der Waals surface area contributed by atoms with Crippen LogP contribution in [0.3, 0.4) is 0 Å². The Balaban J connectivity index is 3.09. The van der Waals surface area contributed by atoms with Crippen molar-refractivity contribution < 1.29 is 8.42 Å². The van der Waals surface area contributed by atoms with Gasteiger partial charge in [0.2, 0.25) is 10.0 Å². The van der Waals surface area contributed by atoms with Gasteiger partial charge in [-0.1, -0.05) is 25.1 Å². The number of para-hydroxylation sites is 1. The first-order valence-corrected chi connectivity index (χ1v) is 8.02. The van der Waals surface area contributed by atoms with Crippen molar-refractivity contribution in [3.05, 3.63) is 29.8 Å². The van der Waals surface area contributed by atoms with Crippen molar-refractivity contribution >= 4 is 15.7 Å². The number of anilines is 1. The fourth-order valence-corrected chi connectivity index (χ4v) is 2.46. The summed E-state index contributed by atoms with van der Waals surface area (Å²) < 4.78 is 26.3. The van der Waals surface area contributed by atoms with E-state index in [0.717, 1.165) is 12.1 Å². The molecule has 5 heteroatoms. The molecule has 1 rings (SSSR count). The number of rotatable bonds is 5. The van der Waals surface area contributed by atoms with Crippen LogP contribution >= 0.6 is 0 Å². The molecule has 0 radical (unpaired) electrons. The lowest BCUT2D eigenvalue weighted by Crippen LogP contribution is -2.34. The van der Waals surface area contributed by atoms with Crippen molar-refractivity contribution in [1.82, 2.24) is 5.32 Å². The average molecular weight is 284 g/mol. The Morgan fingerprint density at radius 2 is 1.79 bits per heavy atom. The SMILES string of the molecule is CCNC(C)c1ccccc1NS(=O)(=O)C(C)(C)C. The van der Waals surface area contributed by atoms with E-state index in [1.165, 1.54) is 0 Å². The minimum atomic E-state index is -3.40. The zero-order chi connectivity index (χ0) is 14.7. The van der Waals surface area contributed by atoms with E-state index in [1.54, 1.807) is 26.8 Å². The van der Waals surface area contributed by atoms with Gasteiger partial charge < -0.3 is 5.32 Å². The minimum absolute atomic E-state index is 0.101. The predicted octanol–water partition coefficient (Wildman–Crippen LogP) is 2.90. The molecule has 0 heterocycles. The van der Waals surface area contributed by atoms with E-state index in [4.69, 9.17) is 0 Å². The normalized spacial score (nSPS) is 14.2. The minimum Gasteiger partial charge on any atom is -0.310 e. The zero-order valence-corrected chi connectivity index (χ0v) is 13.1. The van der Waals surface area contributed by atoms with E-state index >= 15 is 0 Å². The van der Waals surface area contributed by atoms with E-state index in [2.05, 4.69) is 10.0 Å². The third kappa shape index (κ3) is 3.94. The molecular formula is C14H24N2O2S. The maximum atomic E-state index is 12.2. The maximum absolute atomic E-state index is 12.2. The Morgan fingerprint density at radius 3 is 2.32 bits per heavy atom. The smallest absolute Gasteiger partial charge is 0.237 e. The highest BCUT2D eigenvalue weighted by Gasteiger charge is 2.29. The lowest BCUT2D eigenvalue weighted by Gasteiger charge is -2.23. The van der Waals surface area contributed by atoms with E-state index < -0.39 is 14.8 Å². The number of hydrogen-bond donors (Lipinski definition) is 2. The molecule has 1 aromatic carbocycles. The molecule has 0 fully saturated rings. The molecule has 0 spiro atoms. The highest BCUT2D eigenvalue weighted by Crippen LogP contribution is 2.26. The van der Waals surface area contributed by atoms with Crippen LogP contribution in [0.5, 0.6) is 0 Å². The lowest BCUT2D eigenvalue weighted by atomic mass is 10.1. The van der Waals surface area contributed by atoms with Crippen molar-refractivity contribution in [2.75, 3.05) is 11.3 Å². The van der Waals surface area contributed by atoms with Gasteiger partial charge in [-0.3, -0.25) is 4.72 Å². The van der Waals surface area contributed by atoms with Gasteiger partial charge in [-0.25, -0.2) is 8.42 Å². The summed E-state index contributed by atoms with van der Waals surface area (Å²) in [7, 11) is -3.40. The summed E-state index contributed by atoms with van der Waals surface area (Å²) in [6.45, 7) is 9.94. The van der Waals surface area contributed by atoms with Crippen LogP contribution in [0, 0.1) is 0 Å². The second-order valence-electron chi connectivity index (χ2n) is 5.58. The monoisotopic (exact) mass is 284 g/mol. The molecule has 1 aromatic rings. The summed E-state index contributed by atoms with van der Waals surface area (Å²) in [5, 5.41) is 3.29. The topological polar surface area (TPSA) is 58.2 Å². The summed E-state index contributed by atoms with van der Waals surface area (Å²) >= 11 is 0. The molecule has 0 saturated heterocycles. The van der Waals surface area contributed by atoms with Gasteiger partial charge >= 0.3 is 0 Å². The first-order chi connectivity index (χ1) is 8.69. The van der Waals surface area contributed by atoms with Gasteiger partial charge in [0.1, 0.15) is 0 Å². The largest absolute Gasteiger partial charge is 0.310 e.